The van der Waals surface area contributed by atoms with Crippen LogP contribution in [0.2, 0.25) is 18.1 Å². The van der Waals surface area contributed by atoms with Gasteiger partial charge in [-0.05, 0) is 11.0 Å². The third kappa shape index (κ3) is 3.20. The van der Waals surface area contributed by atoms with E-state index in [-0.39, 0.29) is 10.8 Å². The summed E-state index contributed by atoms with van der Waals surface area (Å²) in [6.45, 7) is 13.5. The third-order valence-electron chi connectivity index (χ3n) is 3.45. The van der Waals surface area contributed by atoms with Gasteiger partial charge in [0.25, 0.3) is 0 Å². The number of rotatable bonds is 3. The average Bonchev–Trinajstić information content (AvgIpc) is 1.99. The van der Waals surface area contributed by atoms with E-state index in [2.05, 4.69) is 63.4 Å². The minimum absolute atomic E-state index is 0.0793. The van der Waals surface area contributed by atoms with Crippen molar-refractivity contribution in [2.45, 2.75) is 51.6 Å². The van der Waals surface area contributed by atoms with E-state index >= 15 is 0 Å². The molecule has 0 radical (unpaired) electrons. The SMILES string of the molecule is CC(CI)C(O)[Si](C)(C)C(C)(C)C. The van der Waals surface area contributed by atoms with Crippen LogP contribution in [0.1, 0.15) is 27.7 Å². The van der Waals surface area contributed by atoms with Crippen LogP contribution in [0.25, 0.3) is 0 Å². The first-order chi connectivity index (χ1) is 5.64. The average molecular weight is 314 g/mol. The number of aliphatic hydroxyl groups excluding tert-OH is 1. The Labute approximate surface area is 97.5 Å². The van der Waals surface area contributed by atoms with Crippen LogP contribution < -0.4 is 0 Å². The van der Waals surface area contributed by atoms with Crippen molar-refractivity contribution in [1.29, 1.82) is 0 Å². The number of hydrogen-bond acceptors (Lipinski definition) is 1. The highest BCUT2D eigenvalue weighted by molar-refractivity contribution is 14.1. The molecule has 0 saturated carbocycles. The van der Waals surface area contributed by atoms with Gasteiger partial charge < -0.3 is 5.11 Å². The molecule has 1 N–H and O–H groups in total. The highest BCUT2D eigenvalue weighted by Gasteiger charge is 2.43. The molecule has 0 rings (SSSR count). The molecule has 0 aromatic carbocycles. The summed E-state index contributed by atoms with van der Waals surface area (Å²) in [6, 6.07) is 0. The fourth-order valence-corrected chi connectivity index (χ4v) is 4.63. The van der Waals surface area contributed by atoms with Crippen molar-refractivity contribution in [1.82, 2.24) is 0 Å². The van der Waals surface area contributed by atoms with Gasteiger partial charge in [0.15, 0.2) is 0 Å². The van der Waals surface area contributed by atoms with Gasteiger partial charge in [0.05, 0.1) is 8.07 Å². The van der Waals surface area contributed by atoms with Crippen LogP contribution in [0.5, 0.6) is 0 Å². The van der Waals surface area contributed by atoms with Gasteiger partial charge in [-0.25, -0.2) is 0 Å². The van der Waals surface area contributed by atoms with Gasteiger partial charge in [0.1, 0.15) is 0 Å². The van der Waals surface area contributed by atoms with Crippen LogP contribution in [-0.2, 0) is 0 Å². The maximum atomic E-state index is 10.2. The van der Waals surface area contributed by atoms with Crippen molar-refractivity contribution in [2.24, 2.45) is 5.92 Å². The van der Waals surface area contributed by atoms with Crippen molar-refractivity contribution in [3.63, 3.8) is 0 Å². The molecule has 0 heterocycles. The highest BCUT2D eigenvalue weighted by Crippen LogP contribution is 2.40. The molecule has 0 fully saturated rings. The topological polar surface area (TPSA) is 20.2 Å². The number of aliphatic hydroxyl groups is 1. The van der Waals surface area contributed by atoms with Gasteiger partial charge in [-0.3, -0.25) is 0 Å². The molecule has 13 heavy (non-hydrogen) atoms. The van der Waals surface area contributed by atoms with Crippen LogP contribution >= 0.6 is 22.6 Å². The van der Waals surface area contributed by atoms with E-state index in [0.29, 0.717) is 5.92 Å². The Bertz CT molecular complexity index is 163. The monoisotopic (exact) mass is 314 g/mol. The largest absolute Gasteiger partial charge is 0.396 e. The normalized spacial score (nSPS) is 18.5. The molecule has 0 spiro atoms. The lowest BCUT2D eigenvalue weighted by Crippen LogP contribution is -2.52. The lowest BCUT2D eigenvalue weighted by molar-refractivity contribution is 0.190. The molecule has 80 valence electrons. The Morgan fingerprint density at radius 3 is 1.92 bits per heavy atom. The van der Waals surface area contributed by atoms with Crippen molar-refractivity contribution in [3.8, 4) is 0 Å². The summed E-state index contributed by atoms with van der Waals surface area (Å²) in [5, 5.41) is 10.5. The summed E-state index contributed by atoms with van der Waals surface area (Å²) in [7, 11) is -1.54. The maximum Gasteiger partial charge on any atom is 0.0868 e. The predicted octanol–water partition coefficient (Wildman–Crippen LogP) is 3.47. The quantitative estimate of drug-likeness (QED) is 0.480. The van der Waals surface area contributed by atoms with E-state index in [1.165, 1.54) is 0 Å². The number of halogens is 1. The molecule has 0 aromatic heterocycles. The van der Waals surface area contributed by atoms with Gasteiger partial charge in [-0.1, -0.05) is 63.4 Å². The number of alkyl halides is 1. The summed E-state index contributed by atoms with van der Waals surface area (Å²) >= 11 is 2.36. The van der Waals surface area contributed by atoms with Crippen molar-refractivity contribution >= 4 is 30.7 Å². The lowest BCUT2D eigenvalue weighted by atomic mass is 10.2. The first kappa shape index (κ1) is 13.9. The fourth-order valence-electron chi connectivity index (χ4n) is 1.24. The van der Waals surface area contributed by atoms with E-state index in [9.17, 15) is 5.11 Å². The molecule has 0 saturated heterocycles. The predicted molar refractivity (Wildman–Crippen MR) is 71.3 cm³/mol. The molecule has 0 aromatic rings. The Morgan fingerprint density at radius 1 is 1.31 bits per heavy atom. The lowest BCUT2D eigenvalue weighted by Gasteiger charge is -2.42. The van der Waals surface area contributed by atoms with Crippen LogP contribution in [0.15, 0.2) is 0 Å². The molecule has 2 atom stereocenters. The molecule has 0 aliphatic carbocycles. The zero-order valence-corrected chi connectivity index (χ0v) is 12.8. The van der Waals surface area contributed by atoms with Crippen molar-refractivity contribution < 1.29 is 5.11 Å². The van der Waals surface area contributed by atoms with E-state index in [1.807, 2.05) is 0 Å². The Balaban J connectivity index is 4.63. The Hall–Kier alpha value is 0.907. The maximum absolute atomic E-state index is 10.2. The summed E-state index contributed by atoms with van der Waals surface area (Å²) in [4.78, 5) is 0. The Kier molecular flexibility index (Phi) is 4.94. The molecule has 0 aliphatic heterocycles. The third-order valence-corrected chi connectivity index (χ3v) is 10.8. The zero-order valence-electron chi connectivity index (χ0n) is 9.69. The summed E-state index contributed by atoms with van der Waals surface area (Å²) in [6.07, 6.45) is 0. The zero-order chi connectivity index (χ0) is 10.9. The molecular formula is C10H23IOSi. The molecule has 0 amide bonds. The standard InChI is InChI=1S/C10H23IOSi/c1-8(7-11)9(12)13(5,6)10(2,3)4/h8-9,12H,7H2,1-6H3. The summed E-state index contributed by atoms with van der Waals surface area (Å²) < 4.78 is 1.05. The summed E-state index contributed by atoms with van der Waals surface area (Å²) in [5.74, 6) is 0.432. The number of hydrogen-bond donors (Lipinski definition) is 1. The second-order valence-electron chi connectivity index (χ2n) is 5.55. The molecule has 0 bridgehead atoms. The van der Waals surface area contributed by atoms with E-state index < -0.39 is 8.07 Å². The minimum Gasteiger partial charge on any atom is -0.396 e. The first-order valence-corrected chi connectivity index (χ1v) is 9.49. The van der Waals surface area contributed by atoms with Crippen LogP contribution in [0.3, 0.4) is 0 Å². The van der Waals surface area contributed by atoms with Gasteiger partial charge in [0.2, 0.25) is 0 Å². The second kappa shape index (κ2) is 4.62. The van der Waals surface area contributed by atoms with Crippen LogP contribution in [-0.4, -0.2) is 23.3 Å². The molecule has 2 unspecified atom stereocenters. The van der Waals surface area contributed by atoms with Crippen LogP contribution in [0, 0.1) is 5.92 Å². The van der Waals surface area contributed by atoms with E-state index in [4.69, 9.17) is 0 Å². The van der Waals surface area contributed by atoms with Gasteiger partial charge in [0, 0.05) is 10.2 Å². The highest BCUT2D eigenvalue weighted by atomic mass is 127. The van der Waals surface area contributed by atoms with Gasteiger partial charge in [-0.15, -0.1) is 0 Å². The minimum atomic E-state index is -1.54. The second-order valence-corrected chi connectivity index (χ2v) is 12.0. The van der Waals surface area contributed by atoms with E-state index in [0.717, 1.165) is 4.43 Å². The van der Waals surface area contributed by atoms with Crippen molar-refractivity contribution in [2.75, 3.05) is 4.43 Å². The molecule has 1 nitrogen and oxygen atoms in total. The fraction of sp³-hybridized carbons (Fsp3) is 1.00. The van der Waals surface area contributed by atoms with Gasteiger partial charge >= 0.3 is 0 Å². The Morgan fingerprint density at radius 2 is 1.69 bits per heavy atom. The van der Waals surface area contributed by atoms with Crippen LogP contribution in [0.4, 0.5) is 0 Å². The van der Waals surface area contributed by atoms with Crippen molar-refractivity contribution in [3.05, 3.63) is 0 Å². The molecule has 3 heteroatoms. The smallest absolute Gasteiger partial charge is 0.0868 e. The summed E-state index contributed by atoms with van der Waals surface area (Å²) in [5.41, 5.74) is -0.0793. The first-order valence-electron chi connectivity index (χ1n) is 4.88. The van der Waals surface area contributed by atoms with E-state index in [1.54, 1.807) is 0 Å². The molecular weight excluding hydrogens is 291 g/mol. The molecule has 0 aliphatic rings. The van der Waals surface area contributed by atoms with Gasteiger partial charge in [-0.2, -0.15) is 0 Å².